The summed E-state index contributed by atoms with van der Waals surface area (Å²) in [5.74, 6) is -1.06. The molecule has 1 aromatic heterocycles. The van der Waals surface area contributed by atoms with Crippen molar-refractivity contribution < 1.29 is 18.3 Å². The molecule has 1 aliphatic rings. The number of sulfonamides is 1. The quantitative estimate of drug-likeness (QED) is 0.819. The highest BCUT2D eigenvalue weighted by Gasteiger charge is 2.30. The molecule has 2 heterocycles. The zero-order valence-corrected chi connectivity index (χ0v) is 15.4. The number of carbonyl (C=O) groups is 1. The zero-order chi connectivity index (χ0) is 18.7. The van der Waals surface area contributed by atoms with Crippen molar-refractivity contribution in [2.24, 2.45) is 5.92 Å². The molecule has 0 unspecified atom stereocenters. The summed E-state index contributed by atoms with van der Waals surface area (Å²) in [4.78, 5) is 11.2. The van der Waals surface area contributed by atoms with Gasteiger partial charge in [-0.1, -0.05) is 24.3 Å². The van der Waals surface area contributed by atoms with E-state index in [4.69, 9.17) is 5.11 Å². The van der Waals surface area contributed by atoms with E-state index in [9.17, 15) is 13.2 Å². The van der Waals surface area contributed by atoms with Gasteiger partial charge in [-0.05, 0) is 42.9 Å². The number of piperidine rings is 1. The molecule has 26 heavy (non-hydrogen) atoms. The third-order valence-electron chi connectivity index (χ3n) is 4.65. The Hall–Kier alpha value is -2.26. The molecule has 1 N–H and O–H groups in total. The van der Waals surface area contributed by atoms with Gasteiger partial charge in [0.2, 0.25) is 10.0 Å². The van der Waals surface area contributed by atoms with Crippen LogP contribution in [0.5, 0.6) is 0 Å². The van der Waals surface area contributed by atoms with Gasteiger partial charge in [0.05, 0.1) is 11.1 Å². The Morgan fingerprint density at radius 2 is 2.04 bits per heavy atom. The van der Waals surface area contributed by atoms with Gasteiger partial charge in [-0.15, -0.1) is 5.10 Å². The molecule has 0 amide bonds. The molecule has 140 valence electrons. The minimum Gasteiger partial charge on any atom is -0.476 e. The van der Waals surface area contributed by atoms with Crippen LogP contribution >= 0.6 is 0 Å². The Balaban J connectivity index is 1.71. The van der Waals surface area contributed by atoms with E-state index in [1.54, 1.807) is 12.1 Å². The largest absolute Gasteiger partial charge is 0.476 e. The van der Waals surface area contributed by atoms with Crippen LogP contribution in [-0.2, 0) is 23.0 Å². The van der Waals surface area contributed by atoms with Crippen LogP contribution in [0.15, 0.2) is 35.4 Å². The van der Waals surface area contributed by atoms with E-state index in [2.05, 4.69) is 10.3 Å². The fraction of sp³-hybridized carbons (Fsp3) is 0.471. The summed E-state index contributed by atoms with van der Waals surface area (Å²) in [5, 5.41) is 16.3. The summed E-state index contributed by atoms with van der Waals surface area (Å²) in [6.45, 7) is 3.35. The SMILES string of the molecule is CCc1ccc(S(=O)(=O)N2CCC[C@H](Cn3cc(C(=O)O)nn3)C2)cc1. The van der Waals surface area contributed by atoms with Crippen LogP contribution < -0.4 is 0 Å². The second-order valence-electron chi connectivity index (χ2n) is 6.50. The van der Waals surface area contributed by atoms with Gasteiger partial charge in [-0.25, -0.2) is 13.2 Å². The molecule has 2 aromatic rings. The lowest BCUT2D eigenvalue weighted by molar-refractivity contribution is 0.0690. The van der Waals surface area contributed by atoms with Gasteiger partial charge in [-0.2, -0.15) is 4.31 Å². The van der Waals surface area contributed by atoms with Gasteiger partial charge >= 0.3 is 5.97 Å². The van der Waals surface area contributed by atoms with E-state index < -0.39 is 16.0 Å². The van der Waals surface area contributed by atoms with Crippen LogP contribution in [0, 0.1) is 5.92 Å². The first-order valence-electron chi connectivity index (χ1n) is 8.62. The van der Waals surface area contributed by atoms with Gasteiger partial charge < -0.3 is 5.11 Å². The molecule has 1 aliphatic heterocycles. The maximum absolute atomic E-state index is 12.9. The third-order valence-corrected chi connectivity index (χ3v) is 6.53. The van der Waals surface area contributed by atoms with Crippen molar-refractivity contribution in [3.05, 3.63) is 41.7 Å². The van der Waals surface area contributed by atoms with Gasteiger partial charge in [0, 0.05) is 19.6 Å². The molecule has 0 bridgehead atoms. The summed E-state index contributed by atoms with van der Waals surface area (Å²) in [7, 11) is -3.53. The molecular weight excluding hydrogens is 356 g/mol. The fourth-order valence-electron chi connectivity index (χ4n) is 3.19. The highest BCUT2D eigenvalue weighted by molar-refractivity contribution is 7.89. The van der Waals surface area contributed by atoms with Crippen molar-refractivity contribution >= 4 is 16.0 Å². The van der Waals surface area contributed by atoms with E-state index in [0.29, 0.717) is 24.5 Å². The number of benzene rings is 1. The van der Waals surface area contributed by atoms with E-state index >= 15 is 0 Å². The lowest BCUT2D eigenvalue weighted by atomic mass is 10.00. The van der Waals surface area contributed by atoms with Crippen molar-refractivity contribution in [2.75, 3.05) is 13.1 Å². The summed E-state index contributed by atoms with van der Waals surface area (Å²) >= 11 is 0. The van der Waals surface area contributed by atoms with E-state index in [0.717, 1.165) is 24.8 Å². The molecule has 0 spiro atoms. The summed E-state index contributed by atoms with van der Waals surface area (Å²) < 4.78 is 28.8. The Morgan fingerprint density at radius 3 is 2.65 bits per heavy atom. The Kier molecular flexibility index (Phi) is 5.38. The molecule has 0 aliphatic carbocycles. The number of aromatic carboxylic acids is 1. The van der Waals surface area contributed by atoms with Crippen molar-refractivity contribution in [2.45, 2.75) is 37.6 Å². The molecule has 1 fully saturated rings. The molecule has 8 nitrogen and oxygen atoms in total. The lowest BCUT2D eigenvalue weighted by Gasteiger charge is -2.31. The van der Waals surface area contributed by atoms with Gasteiger partial charge in [0.1, 0.15) is 0 Å². The molecule has 0 saturated carbocycles. The predicted molar refractivity (Wildman–Crippen MR) is 94.3 cm³/mol. The van der Waals surface area contributed by atoms with Gasteiger partial charge in [0.25, 0.3) is 0 Å². The zero-order valence-electron chi connectivity index (χ0n) is 14.6. The molecule has 0 radical (unpaired) electrons. The molecular formula is C17H22N4O4S. The van der Waals surface area contributed by atoms with Crippen LogP contribution in [-0.4, -0.2) is 51.9 Å². The Morgan fingerprint density at radius 1 is 1.31 bits per heavy atom. The Bertz CT molecular complexity index is 876. The normalized spacial score (nSPS) is 18.7. The van der Waals surface area contributed by atoms with Crippen molar-refractivity contribution in [1.82, 2.24) is 19.3 Å². The third kappa shape index (κ3) is 3.94. The van der Waals surface area contributed by atoms with E-state index in [-0.39, 0.29) is 11.6 Å². The number of nitrogens with zero attached hydrogens (tertiary/aromatic N) is 4. The average Bonchev–Trinajstić information content (AvgIpc) is 3.11. The minimum atomic E-state index is -3.53. The second-order valence-corrected chi connectivity index (χ2v) is 8.44. The topological polar surface area (TPSA) is 105 Å². The van der Waals surface area contributed by atoms with Crippen LogP contribution in [0.1, 0.15) is 35.8 Å². The van der Waals surface area contributed by atoms with Gasteiger partial charge in [0.15, 0.2) is 5.69 Å². The smallest absolute Gasteiger partial charge is 0.358 e. The summed E-state index contributed by atoms with van der Waals surface area (Å²) in [6.07, 6.45) is 3.86. The van der Waals surface area contributed by atoms with E-state index in [1.807, 2.05) is 19.1 Å². The van der Waals surface area contributed by atoms with Gasteiger partial charge in [-0.3, -0.25) is 4.68 Å². The number of aromatic nitrogens is 3. The predicted octanol–water partition coefficient (Wildman–Crippen LogP) is 1.64. The average molecular weight is 378 g/mol. The number of carboxylic acids is 1. The van der Waals surface area contributed by atoms with Crippen LogP contribution in [0.4, 0.5) is 0 Å². The highest BCUT2D eigenvalue weighted by Crippen LogP contribution is 2.25. The first kappa shape index (κ1) is 18.5. The number of hydrogen-bond donors (Lipinski definition) is 1. The number of rotatable bonds is 6. The van der Waals surface area contributed by atoms with Crippen LogP contribution in [0.25, 0.3) is 0 Å². The standard InChI is InChI=1S/C17H22N4O4S/c1-2-13-5-7-15(8-6-13)26(24,25)21-9-3-4-14(11-21)10-20-12-16(17(22)23)18-19-20/h5-8,12,14H,2-4,9-11H2,1H3,(H,22,23)/t14-/m1/s1. The molecule has 1 saturated heterocycles. The summed E-state index contributed by atoms with van der Waals surface area (Å²) in [5.41, 5.74) is 0.988. The number of hydrogen-bond acceptors (Lipinski definition) is 5. The van der Waals surface area contributed by atoms with Crippen LogP contribution in [0.3, 0.4) is 0 Å². The molecule has 9 heteroatoms. The second kappa shape index (κ2) is 7.55. The monoisotopic (exact) mass is 378 g/mol. The number of aryl methyl sites for hydroxylation is 1. The first-order valence-corrected chi connectivity index (χ1v) is 10.1. The molecule has 3 rings (SSSR count). The minimum absolute atomic E-state index is 0.0665. The maximum atomic E-state index is 12.9. The highest BCUT2D eigenvalue weighted by atomic mass is 32.2. The Labute approximate surface area is 152 Å². The first-order chi connectivity index (χ1) is 12.4. The molecule has 1 aromatic carbocycles. The fourth-order valence-corrected chi connectivity index (χ4v) is 4.75. The van der Waals surface area contributed by atoms with E-state index in [1.165, 1.54) is 15.2 Å². The maximum Gasteiger partial charge on any atom is 0.358 e. The molecule has 1 atom stereocenters. The lowest BCUT2D eigenvalue weighted by Crippen LogP contribution is -2.41. The van der Waals surface area contributed by atoms with Crippen molar-refractivity contribution in [1.29, 1.82) is 0 Å². The van der Waals surface area contributed by atoms with Crippen molar-refractivity contribution in [3.63, 3.8) is 0 Å². The van der Waals surface area contributed by atoms with Crippen molar-refractivity contribution in [3.8, 4) is 0 Å². The van der Waals surface area contributed by atoms with Crippen LogP contribution in [0.2, 0.25) is 0 Å². The summed E-state index contributed by atoms with van der Waals surface area (Å²) in [6, 6.07) is 7.01. The number of carboxylic acid groups (broad SMARTS) is 1.